The second-order valence-electron chi connectivity index (χ2n) is 7.77. The maximum Gasteiger partial charge on any atom is 0.263 e. The number of pyridine rings is 2. The van der Waals surface area contributed by atoms with Crippen LogP contribution in [0.1, 0.15) is 34.6 Å². The highest BCUT2D eigenvalue weighted by atomic mass is 16.5. The van der Waals surface area contributed by atoms with Crippen molar-refractivity contribution < 1.29 is 9.32 Å². The molecule has 0 fully saturated rings. The van der Waals surface area contributed by atoms with Gasteiger partial charge in [-0.25, -0.2) is 0 Å². The molecule has 158 valence electrons. The smallest absolute Gasteiger partial charge is 0.263 e. The van der Waals surface area contributed by atoms with Gasteiger partial charge in [-0.1, -0.05) is 5.16 Å². The fourth-order valence-electron chi connectivity index (χ4n) is 3.41. The average molecular weight is 409 g/mol. The number of rotatable bonds is 7. The summed E-state index contributed by atoms with van der Waals surface area (Å²) in [7, 11) is 5.55. The van der Waals surface area contributed by atoms with Gasteiger partial charge < -0.3 is 18.9 Å². The predicted molar refractivity (Wildman–Crippen MR) is 114 cm³/mol. The molecule has 8 nitrogen and oxygen atoms in total. The molecule has 0 N–H and O–H groups in total. The quantitative estimate of drug-likeness (QED) is 0.596. The van der Waals surface area contributed by atoms with E-state index < -0.39 is 0 Å². The summed E-state index contributed by atoms with van der Waals surface area (Å²) in [6.07, 6.45) is 5.11. The first-order valence-corrected chi connectivity index (χ1v) is 9.76. The van der Waals surface area contributed by atoms with Crippen LogP contribution in [0, 0.1) is 6.92 Å². The van der Waals surface area contributed by atoms with Crippen LogP contribution in [0.5, 0.6) is 0 Å². The van der Waals surface area contributed by atoms with Gasteiger partial charge in [0.2, 0.25) is 0 Å². The van der Waals surface area contributed by atoms with Crippen LogP contribution in [0.2, 0.25) is 0 Å². The van der Waals surface area contributed by atoms with Crippen molar-refractivity contribution in [2.45, 2.75) is 26.4 Å². The van der Waals surface area contributed by atoms with Gasteiger partial charge in [-0.15, -0.1) is 0 Å². The molecule has 1 atom stereocenters. The van der Waals surface area contributed by atoms with Gasteiger partial charge in [0.1, 0.15) is 11.3 Å². The zero-order valence-corrected chi connectivity index (χ0v) is 18.0. The summed E-state index contributed by atoms with van der Waals surface area (Å²) < 4.78 is 7.00. The Kier molecular flexibility index (Phi) is 6.47. The SMILES string of the molecule is Cc1ccn(C(C)CN(C)C)c(=O)c1C(=O)N(C)Cc1cc(-c2ccncc2)no1. The summed E-state index contributed by atoms with van der Waals surface area (Å²) in [6.45, 7) is 4.64. The van der Waals surface area contributed by atoms with Crippen LogP contribution in [0.4, 0.5) is 0 Å². The molecule has 0 aliphatic carbocycles. The molecule has 3 rings (SSSR count). The number of hydrogen-bond donors (Lipinski definition) is 0. The third-order valence-corrected chi connectivity index (χ3v) is 4.92. The van der Waals surface area contributed by atoms with E-state index in [9.17, 15) is 9.59 Å². The summed E-state index contributed by atoms with van der Waals surface area (Å²) in [4.78, 5) is 33.6. The predicted octanol–water partition coefficient (Wildman–Crippen LogP) is 2.60. The Labute approximate surface area is 175 Å². The Balaban J connectivity index is 1.81. The minimum absolute atomic E-state index is 0.0536. The molecule has 0 aliphatic rings. The van der Waals surface area contributed by atoms with Crippen LogP contribution in [-0.4, -0.2) is 58.1 Å². The lowest BCUT2D eigenvalue weighted by atomic mass is 10.1. The Morgan fingerprint density at radius 3 is 2.57 bits per heavy atom. The van der Waals surface area contributed by atoms with Crippen LogP contribution in [-0.2, 0) is 6.54 Å². The molecule has 0 bridgehead atoms. The molecule has 0 radical (unpaired) electrons. The molecule has 0 aromatic carbocycles. The maximum atomic E-state index is 13.1. The van der Waals surface area contributed by atoms with E-state index in [1.807, 2.05) is 44.1 Å². The second-order valence-corrected chi connectivity index (χ2v) is 7.77. The summed E-state index contributed by atoms with van der Waals surface area (Å²) in [5.41, 5.74) is 2.10. The van der Waals surface area contributed by atoms with E-state index in [1.165, 1.54) is 4.90 Å². The lowest BCUT2D eigenvalue weighted by Gasteiger charge is -2.22. The van der Waals surface area contributed by atoms with Crippen LogP contribution >= 0.6 is 0 Å². The zero-order chi connectivity index (χ0) is 21.8. The fraction of sp³-hybridized carbons (Fsp3) is 0.364. The summed E-state index contributed by atoms with van der Waals surface area (Å²) in [5.74, 6) is 0.193. The Morgan fingerprint density at radius 1 is 1.20 bits per heavy atom. The van der Waals surface area contributed by atoms with Crippen molar-refractivity contribution in [1.82, 2.24) is 24.5 Å². The molecule has 8 heteroatoms. The highest BCUT2D eigenvalue weighted by molar-refractivity contribution is 5.95. The molecule has 3 aromatic heterocycles. The Bertz CT molecular complexity index is 1070. The molecule has 3 heterocycles. The molecule has 30 heavy (non-hydrogen) atoms. The highest BCUT2D eigenvalue weighted by Crippen LogP contribution is 2.19. The molecule has 3 aromatic rings. The van der Waals surface area contributed by atoms with Gasteiger partial charge in [0.15, 0.2) is 5.76 Å². The zero-order valence-electron chi connectivity index (χ0n) is 18.0. The van der Waals surface area contributed by atoms with E-state index in [0.29, 0.717) is 23.6 Å². The van der Waals surface area contributed by atoms with Crippen molar-refractivity contribution in [1.29, 1.82) is 0 Å². The molecule has 1 amide bonds. The average Bonchev–Trinajstić information content (AvgIpc) is 3.16. The van der Waals surface area contributed by atoms with Crippen molar-refractivity contribution in [2.24, 2.45) is 0 Å². The first kappa shape index (κ1) is 21.4. The third kappa shape index (κ3) is 4.65. The van der Waals surface area contributed by atoms with E-state index in [0.717, 1.165) is 5.56 Å². The van der Waals surface area contributed by atoms with Crippen molar-refractivity contribution in [3.8, 4) is 11.3 Å². The summed E-state index contributed by atoms with van der Waals surface area (Å²) in [6, 6.07) is 7.21. The van der Waals surface area contributed by atoms with Crippen molar-refractivity contribution in [3.05, 3.63) is 70.1 Å². The molecule has 0 spiro atoms. The number of aryl methyl sites for hydroxylation is 1. The van der Waals surface area contributed by atoms with Gasteiger partial charge in [-0.05, 0) is 51.7 Å². The molecule has 0 saturated carbocycles. The second kappa shape index (κ2) is 9.04. The molecule has 0 aliphatic heterocycles. The largest absolute Gasteiger partial charge is 0.359 e. The highest BCUT2D eigenvalue weighted by Gasteiger charge is 2.22. The van der Waals surface area contributed by atoms with E-state index in [1.54, 1.807) is 43.2 Å². The fourth-order valence-corrected chi connectivity index (χ4v) is 3.41. The van der Waals surface area contributed by atoms with Gasteiger partial charge in [0.05, 0.1) is 6.54 Å². The van der Waals surface area contributed by atoms with Crippen LogP contribution < -0.4 is 5.56 Å². The molecular formula is C22H27N5O3. The monoisotopic (exact) mass is 409 g/mol. The Morgan fingerprint density at radius 2 is 1.90 bits per heavy atom. The lowest BCUT2D eigenvalue weighted by molar-refractivity contribution is 0.0768. The van der Waals surface area contributed by atoms with E-state index >= 15 is 0 Å². The minimum Gasteiger partial charge on any atom is -0.359 e. The molecular weight excluding hydrogens is 382 g/mol. The van der Waals surface area contributed by atoms with Gasteiger partial charge in [0.25, 0.3) is 11.5 Å². The summed E-state index contributed by atoms with van der Waals surface area (Å²) >= 11 is 0. The Hall–Kier alpha value is -3.26. The summed E-state index contributed by atoms with van der Waals surface area (Å²) in [5, 5.41) is 4.06. The number of likely N-dealkylation sites (N-methyl/N-ethyl adjacent to an activating group) is 1. The number of amides is 1. The van der Waals surface area contributed by atoms with Gasteiger partial charge >= 0.3 is 0 Å². The number of carbonyl (C=O) groups excluding carboxylic acids is 1. The van der Waals surface area contributed by atoms with Crippen LogP contribution in [0.25, 0.3) is 11.3 Å². The molecule has 1 unspecified atom stereocenters. The van der Waals surface area contributed by atoms with Gasteiger partial charge in [-0.3, -0.25) is 14.6 Å². The normalized spacial score (nSPS) is 12.2. The lowest BCUT2D eigenvalue weighted by Crippen LogP contribution is -2.37. The first-order chi connectivity index (χ1) is 14.3. The number of hydrogen-bond acceptors (Lipinski definition) is 6. The van der Waals surface area contributed by atoms with E-state index in [4.69, 9.17) is 4.52 Å². The van der Waals surface area contributed by atoms with Crippen molar-refractivity contribution in [3.63, 3.8) is 0 Å². The van der Waals surface area contributed by atoms with E-state index in [2.05, 4.69) is 10.1 Å². The number of carbonyl (C=O) groups is 1. The standard InChI is InChI=1S/C22H27N5O3/c1-15-8-11-27(16(2)13-25(3)4)22(29)20(15)21(28)26(5)14-18-12-19(24-30-18)17-6-9-23-10-7-17/h6-12,16H,13-14H2,1-5H3. The topological polar surface area (TPSA) is 84.5 Å². The number of nitrogens with zero attached hydrogens (tertiary/aromatic N) is 5. The van der Waals surface area contributed by atoms with Crippen LogP contribution in [0.15, 0.2) is 52.2 Å². The van der Waals surface area contributed by atoms with Crippen molar-refractivity contribution in [2.75, 3.05) is 27.7 Å². The van der Waals surface area contributed by atoms with Crippen LogP contribution in [0.3, 0.4) is 0 Å². The van der Waals surface area contributed by atoms with Crippen molar-refractivity contribution >= 4 is 5.91 Å². The minimum atomic E-state index is -0.342. The third-order valence-electron chi connectivity index (χ3n) is 4.92. The van der Waals surface area contributed by atoms with E-state index in [-0.39, 0.29) is 29.6 Å². The van der Waals surface area contributed by atoms with Gasteiger partial charge in [-0.2, -0.15) is 0 Å². The number of aromatic nitrogens is 3. The first-order valence-electron chi connectivity index (χ1n) is 9.76. The maximum absolute atomic E-state index is 13.1. The molecule has 0 saturated heterocycles. The van der Waals surface area contributed by atoms with Gasteiger partial charge in [0, 0.05) is 49.9 Å².